The first kappa shape index (κ1) is 14.2. The van der Waals surface area contributed by atoms with Gasteiger partial charge in [0.25, 0.3) is 0 Å². The highest BCUT2D eigenvalue weighted by Gasteiger charge is 2.08. The molecular weight excluding hydrogens is 257 g/mol. The molecule has 16 heavy (non-hydrogen) atoms. The summed E-state index contributed by atoms with van der Waals surface area (Å²) in [6, 6.07) is 8.28. The number of aliphatic hydroxyl groups is 1. The summed E-state index contributed by atoms with van der Waals surface area (Å²) >= 11 is 0. The van der Waals surface area contributed by atoms with E-state index in [9.17, 15) is 5.11 Å². The van der Waals surface area contributed by atoms with E-state index < -0.39 is 0 Å². The molecule has 0 saturated heterocycles. The molecule has 3 nitrogen and oxygen atoms in total. The van der Waals surface area contributed by atoms with Gasteiger partial charge in [-0.2, -0.15) is 0 Å². The summed E-state index contributed by atoms with van der Waals surface area (Å²) in [7, 11) is 6.29. The Morgan fingerprint density at radius 2 is 2.38 bits per heavy atom. The van der Waals surface area contributed by atoms with Crippen molar-refractivity contribution in [3.8, 4) is 0 Å². The maximum atomic E-state index is 9.28. The molecule has 6 heteroatoms. The monoisotopic (exact) mass is 274 g/mol. The number of hydrogen-bond donors (Lipinski definition) is 2. The zero-order valence-corrected chi connectivity index (χ0v) is 12.1. The number of nitrogens with zero attached hydrogens (tertiary/aromatic N) is 1. The van der Waals surface area contributed by atoms with E-state index in [0.29, 0.717) is 8.42 Å². The van der Waals surface area contributed by atoms with E-state index >= 15 is 0 Å². The van der Waals surface area contributed by atoms with Crippen molar-refractivity contribution in [2.24, 2.45) is 4.74 Å². The Morgan fingerprint density at radius 1 is 1.56 bits per heavy atom. The molecule has 0 fully saturated rings. The minimum absolute atomic E-state index is 0.0243. The molecule has 2 N–H and O–H groups in total. The second-order valence-electron chi connectivity index (χ2n) is 3.40. The van der Waals surface area contributed by atoms with E-state index in [0.717, 1.165) is 18.5 Å². The Morgan fingerprint density at radius 3 is 3.00 bits per heavy atom. The summed E-state index contributed by atoms with van der Waals surface area (Å²) in [5.41, 5.74) is 2.37. The van der Waals surface area contributed by atoms with Crippen molar-refractivity contribution in [3.63, 3.8) is 0 Å². The highest BCUT2D eigenvalue weighted by molar-refractivity contribution is 8.01. The predicted molar refractivity (Wildman–Crippen MR) is 76.7 cm³/mol. The highest BCUT2D eigenvalue weighted by Crippen LogP contribution is 2.23. The zero-order chi connectivity index (χ0) is 11.8. The quantitative estimate of drug-likeness (QED) is 0.750. The largest absolute Gasteiger partial charge is 0.394 e. The topological polar surface area (TPSA) is 44.6 Å². The molecule has 0 radical (unpaired) electrons. The van der Waals surface area contributed by atoms with Crippen molar-refractivity contribution in [2.75, 3.05) is 13.2 Å². The van der Waals surface area contributed by atoms with Gasteiger partial charge in [0.2, 0.25) is 0 Å². The lowest BCUT2D eigenvalue weighted by Gasteiger charge is -2.16. The van der Waals surface area contributed by atoms with Gasteiger partial charge in [-0.15, -0.1) is 0 Å². The van der Waals surface area contributed by atoms with Crippen molar-refractivity contribution in [1.82, 2.24) is 5.09 Å². The van der Waals surface area contributed by atoms with Crippen LogP contribution in [-0.2, 0) is 6.42 Å². The minimum atomic E-state index is 0.0243. The first-order valence-corrected chi connectivity index (χ1v) is 8.31. The summed E-state index contributed by atoms with van der Waals surface area (Å²) in [4.78, 5) is 0. The van der Waals surface area contributed by atoms with Crippen LogP contribution in [0, 0.1) is 0 Å². The van der Waals surface area contributed by atoms with Crippen molar-refractivity contribution in [1.29, 1.82) is 0 Å². The predicted octanol–water partition coefficient (Wildman–Crippen LogP) is 2.56. The molecule has 0 bridgehead atoms. The van der Waals surface area contributed by atoms with Gasteiger partial charge in [0.15, 0.2) is 0 Å². The number of benzene rings is 1. The summed E-state index contributed by atoms with van der Waals surface area (Å²) in [5, 5.41) is 12.5. The molecule has 0 aliphatic carbocycles. The number of nitrogens with one attached hydrogen (secondary N) is 1. The van der Waals surface area contributed by atoms with E-state index in [-0.39, 0.29) is 12.6 Å². The first-order valence-electron chi connectivity index (χ1n) is 5.06. The van der Waals surface area contributed by atoms with Crippen molar-refractivity contribution >= 4 is 26.4 Å². The lowest BCUT2D eigenvalue weighted by Crippen LogP contribution is -2.16. The third kappa shape index (κ3) is 4.53. The molecule has 3 atom stereocenters. The molecule has 0 aliphatic rings. The Hall–Kier alpha value is 0.100. The Labute approximate surface area is 103 Å². The summed E-state index contributed by atoms with van der Waals surface area (Å²) in [6.45, 7) is 0.885. The van der Waals surface area contributed by atoms with Crippen molar-refractivity contribution in [2.45, 2.75) is 12.5 Å². The fraction of sp³-hybridized carbons (Fsp3) is 0.400. The second-order valence-corrected chi connectivity index (χ2v) is 5.16. The molecule has 88 valence electrons. The zero-order valence-electron chi connectivity index (χ0n) is 8.98. The Balaban J connectivity index is 2.74. The fourth-order valence-electron chi connectivity index (χ4n) is 1.49. The van der Waals surface area contributed by atoms with Crippen LogP contribution in [0.1, 0.15) is 17.2 Å². The smallest absolute Gasteiger partial charge is 0.0629 e. The molecule has 0 spiro atoms. The molecular formula is C10H17N2OP3. The summed E-state index contributed by atoms with van der Waals surface area (Å²) in [5.74, 6) is 0. The molecule has 0 amide bonds. The molecule has 1 rings (SSSR count). The lowest BCUT2D eigenvalue weighted by molar-refractivity contribution is 0.261. The maximum Gasteiger partial charge on any atom is 0.0629 e. The van der Waals surface area contributed by atoms with Gasteiger partial charge in [-0.3, -0.25) is 9.83 Å². The van der Waals surface area contributed by atoms with Crippen molar-refractivity contribution in [3.05, 3.63) is 35.4 Å². The van der Waals surface area contributed by atoms with Gasteiger partial charge in [0, 0.05) is 6.54 Å². The van der Waals surface area contributed by atoms with Crippen LogP contribution in [-0.4, -0.2) is 18.3 Å². The SMILES string of the molecule is OCC(NPP)c1cccc(CCN=P)c1. The Bertz CT molecular complexity index is 336. The van der Waals surface area contributed by atoms with Gasteiger partial charge < -0.3 is 5.11 Å². The van der Waals surface area contributed by atoms with Crippen LogP contribution in [0.25, 0.3) is 0 Å². The van der Waals surface area contributed by atoms with Crippen LogP contribution in [0.2, 0.25) is 0 Å². The van der Waals surface area contributed by atoms with E-state index in [4.69, 9.17) is 0 Å². The van der Waals surface area contributed by atoms with Gasteiger partial charge in [0.1, 0.15) is 0 Å². The third-order valence-corrected chi connectivity index (χ3v) is 3.54. The number of rotatable bonds is 7. The fourth-order valence-corrected chi connectivity index (χ4v) is 2.66. The van der Waals surface area contributed by atoms with Crippen molar-refractivity contribution < 1.29 is 5.11 Å². The van der Waals surface area contributed by atoms with Gasteiger partial charge in [-0.1, -0.05) is 33.2 Å². The van der Waals surface area contributed by atoms with Crippen LogP contribution in [0.15, 0.2) is 29.0 Å². The van der Waals surface area contributed by atoms with Crippen LogP contribution < -0.4 is 5.09 Å². The third-order valence-electron chi connectivity index (χ3n) is 2.31. The average molecular weight is 274 g/mol. The molecule has 0 aliphatic heterocycles. The van der Waals surface area contributed by atoms with E-state index in [1.54, 1.807) is 0 Å². The van der Waals surface area contributed by atoms with Gasteiger partial charge in [-0.25, -0.2) is 0 Å². The maximum absolute atomic E-state index is 9.28. The minimum Gasteiger partial charge on any atom is -0.394 e. The standard InChI is InChI=1S/C10H17N2OP3/c13-7-10(12-16-15)9-3-1-2-8(6-9)4-5-11-14/h1-3,6,10,12-14,16H,4-5,7,15H2. The molecule has 1 aromatic carbocycles. The molecule has 0 saturated carbocycles. The molecule has 0 aromatic heterocycles. The Kier molecular flexibility index (Phi) is 7.28. The molecule has 3 unspecified atom stereocenters. The highest BCUT2D eigenvalue weighted by atomic mass is 32.0. The van der Waals surface area contributed by atoms with Gasteiger partial charge in [0.05, 0.1) is 12.6 Å². The van der Waals surface area contributed by atoms with Crippen LogP contribution in [0.4, 0.5) is 0 Å². The van der Waals surface area contributed by atoms with Crippen LogP contribution >= 0.6 is 26.4 Å². The van der Waals surface area contributed by atoms with Crippen LogP contribution in [0.3, 0.4) is 0 Å². The molecule has 0 heterocycles. The number of aliphatic hydroxyl groups excluding tert-OH is 1. The molecule has 1 aromatic rings. The van der Waals surface area contributed by atoms with E-state index in [1.807, 2.05) is 12.1 Å². The van der Waals surface area contributed by atoms with Crippen LogP contribution in [0.5, 0.6) is 0 Å². The van der Waals surface area contributed by atoms with Gasteiger partial charge in [-0.05, 0) is 35.0 Å². The summed E-state index contributed by atoms with van der Waals surface area (Å²) in [6.07, 6.45) is 0.915. The van der Waals surface area contributed by atoms with Gasteiger partial charge >= 0.3 is 0 Å². The van der Waals surface area contributed by atoms with E-state index in [2.05, 4.69) is 39.9 Å². The van der Waals surface area contributed by atoms with E-state index in [1.165, 1.54) is 5.56 Å². The summed E-state index contributed by atoms with van der Waals surface area (Å²) < 4.78 is 3.90. The first-order chi connectivity index (χ1) is 7.81. The average Bonchev–Trinajstić information content (AvgIpc) is 2.33. The number of hydrogen-bond acceptors (Lipinski definition) is 3. The normalized spacial score (nSPS) is 13.1. The lowest BCUT2D eigenvalue weighted by atomic mass is 10.0. The second kappa shape index (κ2) is 8.23.